The average Bonchev–Trinajstić information content (AvgIpc) is 1.82. The first kappa shape index (κ1) is 13.4. The molecule has 0 aromatic rings. The fraction of sp³-hybridized carbons (Fsp3) is 0.875. The molecule has 0 aromatic heterocycles. The number of carbonyl (C=O) groups excluding carboxylic acids is 1. The first-order valence-corrected chi connectivity index (χ1v) is 3.53. The van der Waals surface area contributed by atoms with Crippen LogP contribution in [0.25, 0.3) is 0 Å². The Morgan fingerprint density at radius 3 is 2.10 bits per heavy atom. The van der Waals surface area contributed by atoms with Gasteiger partial charge in [0.05, 0.1) is 0 Å². The third kappa shape index (κ3) is 6.89. The molecule has 0 heterocycles. The Labute approximate surface area is 88.8 Å². The summed E-state index contributed by atoms with van der Waals surface area (Å²) in [5.41, 5.74) is 0. The van der Waals surface area contributed by atoms with Gasteiger partial charge in [0.2, 0.25) is 0 Å². The fourth-order valence-electron chi connectivity index (χ4n) is 0.620. The van der Waals surface area contributed by atoms with Crippen LogP contribution in [0.1, 0.15) is 33.6 Å². The molecular weight excluding hydrogens is 201 g/mol. The summed E-state index contributed by atoms with van der Waals surface area (Å²) >= 11 is 0. The Bertz CT molecular complexity index is 81.3. The maximum Gasteiger partial charge on any atom is 0 e. The minimum atomic E-state index is 0. The summed E-state index contributed by atoms with van der Waals surface area (Å²) in [6, 6.07) is 0. The van der Waals surface area contributed by atoms with Gasteiger partial charge in [0.15, 0.2) is 0 Å². The van der Waals surface area contributed by atoms with E-state index in [0.717, 1.165) is 6.42 Å². The molecule has 10 heavy (non-hydrogen) atoms. The van der Waals surface area contributed by atoms with Crippen LogP contribution in [0.5, 0.6) is 0 Å². The summed E-state index contributed by atoms with van der Waals surface area (Å²) in [4.78, 5) is 9.81. The van der Waals surface area contributed by atoms with Crippen molar-refractivity contribution in [3.8, 4) is 0 Å². The molecule has 1 nitrogen and oxygen atoms in total. The van der Waals surface area contributed by atoms with Gasteiger partial charge in [0.25, 0.3) is 0 Å². The van der Waals surface area contributed by atoms with Crippen LogP contribution in [0.2, 0.25) is 0 Å². The zero-order chi connectivity index (χ0) is 7.28. The van der Waals surface area contributed by atoms with Gasteiger partial charge < -0.3 is 4.79 Å². The molecule has 0 fully saturated rings. The Morgan fingerprint density at radius 2 is 1.80 bits per heavy atom. The van der Waals surface area contributed by atoms with Crippen molar-refractivity contribution in [1.82, 2.24) is 0 Å². The standard InChI is InChI=1S/C8H15O.Y/c1-7(2)8(3)5-4-6-9;/h7-8H,4-5H2,1-3H3;/q-1;. The van der Waals surface area contributed by atoms with Crippen LogP contribution < -0.4 is 0 Å². The Balaban J connectivity index is 0. The molecular formula is C8H15OY-. The molecule has 0 saturated carbocycles. The largest absolute Gasteiger partial charge is 0.542 e. The van der Waals surface area contributed by atoms with Gasteiger partial charge in [-0.3, -0.25) is 6.29 Å². The summed E-state index contributed by atoms with van der Waals surface area (Å²) in [7, 11) is 0. The van der Waals surface area contributed by atoms with Gasteiger partial charge in [0.1, 0.15) is 0 Å². The molecule has 0 amide bonds. The molecule has 1 atom stereocenters. The van der Waals surface area contributed by atoms with Crippen LogP contribution in [-0.2, 0) is 37.5 Å². The molecule has 1 radical (unpaired) electrons. The summed E-state index contributed by atoms with van der Waals surface area (Å²) in [5, 5.41) is 0. The fourth-order valence-corrected chi connectivity index (χ4v) is 0.620. The van der Waals surface area contributed by atoms with Crippen molar-refractivity contribution in [2.24, 2.45) is 11.8 Å². The van der Waals surface area contributed by atoms with Gasteiger partial charge in [-0.05, 0) is 11.8 Å². The quantitative estimate of drug-likeness (QED) is 0.658. The monoisotopic (exact) mass is 216 g/mol. The zero-order valence-electron chi connectivity index (χ0n) is 7.05. The minimum Gasteiger partial charge on any atom is -0.542 e. The molecule has 57 valence electrons. The zero-order valence-corrected chi connectivity index (χ0v) is 9.89. The van der Waals surface area contributed by atoms with E-state index in [1.807, 2.05) is 6.29 Å². The smallest absolute Gasteiger partial charge is 0 e. The molecule has 0 saturated heterocycles. The van der Waals surface area contributed by atoms with E-state index < -0.39 is 0 Å². The number of hydrogen-bond acceptors (Lipinski definition) is 1. The topological polar surface area (TPSA) is 17.1 Å². The van der Waals surface area contributed by atoms with Gasteiger partial charge in [-0.15, -0.1) is 0 Å². The molecule has 0 rings (SSSR count). The molecule has 0 aliphatic rings. The number of rotatable bonds is 4. The van der Waals surface area contributed by atoms with Crippen LogP contribution >= 0.6 is 0 Å². The summed E-state index contributed by atoms with van der Waals surface area (Å²) < 4.78 is 0. The van der Waals surface area contributed by atoms with E-state index in [2.05, 4.69) is 20.8 Å². The molecule has 0 aliphatic heterocycles. The van der Waals surface area contributed by atoms with E-state index in [4.69, 9.17) is 0 Å². The Hall–Kier alpha value is 0.774. The van der Waals surface area contributed by atoms with Gasteiger partial charge >= 0.3 is 0 Å². The van der Waals surface area contributed by atoms with Crippen molar-refractivity contribution < 1.29 is 37.5 Å². The Morgan fingerprint density at radius 1 is 1.30 bits per heavy atom. The maximum absolute atomic E-state index is 9.81. The predicted octanol–water partition coefficient (Wildman–Crippen LogP) is 2.17. The second-order valence-electron chi connectivity index (χ2n) is 2.90. The van der Waals surface area contributed by atoms with Crippen molar-refractivity contribution >= 4 is 6.29 Å². The van der Waals surface area contributed by atoms with Crippen LogP contribution in [0.15, 0.2) is 0 Å². The van der Waals surface area contributed by atoms with E-state index in [1.54, 1.807) is 0 Å². The van der Waals surface area contributed by atoms with Gasteiger partial charge in [-0.2, -0.15) is 6.42 Å². The molecule has 0 spiro atoms. The van der Waals surface area contributed by atoms with E-state index >= 15 is 0 Å². The first-order chi connectivity index (χ1) is 4.18. The molecule has 2 heteroatoms. The summed E-state index contributed by atoms with van der Waals surface area (Å²) in [6.07, 6.45) is 3.49. The SMILES string of the molecule is CC(C)C(C)CC[C-]=O.[Y]. The van der Waals surface area contributed by atoms with Crippen molar-refractivity contribution in [3.05, 3.63) is 0 Å². The van der Waals surface area contributed by atoms with E-state index in [1.165, 1.54) is 0 Å². The van der Waals surface area contributed by atoms with Crippen LogP contribution in [0.4, 0.5) is 0 Å². The van der Waals surface area contributed by atoms with Gasteiger partial charge in [-0.1, -0.05) is 27.2 Å². The Kier molecular flexibility index (Phi) is 10.5. The molecule has 0 aromatic carbocycles. The third-order valence-electron chi connectivity index (χ3n) is 1.84. The molecule has 0 N–H and O–H groups in total. The number of hydrogen-bond donors (Lipinski definition) is 0. The van der Waals surface area contributed by atoms with Crippen molar-refractivity contribution in [1.29, 1.82) is 0 Å². The minimum absolute atomic E-state index is 0. The summed E-state index contributed by atoms with van der Waals surface area (Å²) in [6.45, 7) is 6.52. The van der Waals surface area contributed by atoms with Crippen molar-refractivity contribution in [3.63, 3.8) is 0 Å². The maximum atomic E-state index is 9.81. The molecule has 1 unspecified atom stereocenters. The molecule has 0 aliphatic carbocycles. The summed E-state index contributed by atoms with van der Waals surface area (Å²) in [5.74, 6) is 1.35. The van der Waals surface area contributed by atoms with Gasteiger partial charge in [-0.25, -0.2) is 0 Å². The van der Waals surface area contributed by atoms with Crippen molar-refractivity contribution in [2.45, 2.75) is 33.6 Å². The van der Waals surface area contributed by atoms with E-state index in [0.29, 0.717) is 18.3 Å². The van der Waals surface area contributed by atoms with Crippen LogP contribution in [0.3, 0.4) is 0 Å². The third-order valence-corrected chi connectivity index (χ3v) is 1.84. The van der Waals surface area contributed by atoms with E-state index in [-0.39, 0.29) is 32.7 Å². The second-order valence-corrected chi connectivity index (χ2v) is 2.90. The first-order valence-electron chi connectivity index (χ1n) is 3.53. The van der Waals surface area contributed by atoms with Crippen LogP contribution in [0, 0.1) is 11.8 Å². The van der Waals surface area contributed by atoms with Crippen molar-refractivity contribution in [2.75, 3.05) is 0 Å². The van der Waals surface area contributed by atoms with Crippen LogP contribution in [-0.4, -0.2) is 6.29 Å². The van der Waals surface area contributed by atoms with Gasteiger partial charge in [0, 0.05) is 32.7 Å². The average molecular weight is 216 g/mol. The van der Waals surface area contributed by atoms with E-state index in [9.17, 15) is 4.79 Å². The predicted molar refractivity (Wildman–Crippen MR) is 38.9 cm³/mol. The second kappa shape index (κ2) is 7.88. The normalized spacial score (nSPS) is 12.4. The molecule has 0 bridgehead atoms.